The molecule has 1 amide bonds. The van der Waals surface area contributed by atoms with E-state index in [1.54, 1.807) is 6.08 Å². The van der Waals surface area contributed by atoms with Crippen molar-refractivity contribution in [3.8, 4) is 6.07 Å². The monoisotopic (exact) mass is 329 g/mol. The zero-order valence-corrected chi connectivity index (χ0v) is 15.1. The Morgan fingerprint density at radius 2 is 2.29 bits per heavy atom. The van der Waals surface area contributed by atoms with Gasteiger partial charge in [0.15, 0.2) is 0 Å². The van der Waals surface area contributed by atoms with Crippen molar-refractivity contribution in [1.82, 2.24) is 9.88 Å². The molecule has 2 rings (SSSR count). The average molecular weight is 329 g/mol. The molecule has 24 heavy (non-hydrogen) atoms. The molecule has 1 atom stereocenters. The maximum Gasteiger partial charge on any atom is 0.262 e. The van der Waals surface area contributed by atoms with E-state index in [1.165, 1.54) is 0 Å². The zero-order valence-electron chi connectivity index (χ0n) is 15.1. The number of nitrogens with zero attached hydrogens (tertiary/aromatic N) is 2. The third-order valence-electron chi connectivity index (χ3n) is 4.34. The predicted octanol–water partition coefficient (Wildman–Crippen LogP) is 2.96. The maximum absolute atomic E-state index is 12.3. The van der Waals surface area contributed by atoms with Crippen molar-refractivity contribution in [2.24, 2.45) is 5.92 Å². The van der Waals surface area contributed by atoms with Gasteiger partial charge in [0.2, 0.25) is 0 Å². The van der Waals surface area contributed by atoms with Gasteiger partial charge in [-0.1, -0.05) is 13.8 Å². The molecule has 0 unspecified atom stereocenters. The van der Waals surface area contributed by atoms with Crippen molar-refractivity contribution in [2.75, 3.05) is 13.2 Å². The molecule has 1 aliphatic heterocycles. The Morgan fingerprint density at radius 1 is 1.54 bits per heavy atom. The van der Waals surface area contributed by atoms with E-state index in [1.807, 2.05) is 19.1 Å². The molecule has 130 valence electrons. The number of hydrogen-bond donors (Lipinski definition) is 1. The molecule has 0 saturated carbocycles. The van der Waals surface area contributed by atoms with E-state index in [4.69, 9.17) is 4.74 Å². The number of aryl methyl sites for hydroxylation is 1. The largest absolute Gasteiger partial charge is 0.376 e. The minimum atomic E-state index is -0.332. The van der Waals surface area contributed by atoms with Gasteiger partial charge in [0, 0.05) is 31.1 Å². The lowest BCUT2D eigenvalue weighted by Gasteiger charge is -2.12. The van der Waals surface area contributed by atoms with Crippen LogP contribution in [0.2, 0.25) is 0 Å². The average Bonchev–Trinajstić information content (AvgIpc) is 3.14. The first-order valence-corrected chi connectivity index (χ1v) is 8.60. The van der Waals surface area contributed by atoms with Crippen molar-refractivity contribution >= 4 is 12.0 Å². The van der Waals surface area contributed by atoms with Crippen LogP contribution in [0.1, 0.15) is 43.6 Å². The summed E-state index contributed by atoms with van der Waals surface area (Å²) in [4.78, 5) is 12.3. The van der Waals surface area contributed by atoms with Crippen molar-refractivity contribution in [3.63, 3.8) is 0 Å². The SMILES string of the molecule is Cc1cc(/C=C(\C#N)C(=O)NC[C@H]2CCCO2)c(C)n1CC(C)C. The molecular weight excluding hydrogens is 302 g/mol. The molecule has 1 saturated heterocycles. The summed E-state index contributed by atoms with van der Waals surface area (Å²) in [6.07, 6.45) is 3.75. The molecule has 0 aromatic carbocycles. The van der Waals surface area contributed by atoms with E-state index in [9.17, 15) is 10.1 Å². The first kappa shape index (κ1) is 18.3. The molecular formula is C19H27N3O2. The minimum Gasteiger partial charge on any atom is -0.376 e. The van der Waals surface area contributed by atoms with Crippen LogP contribution in [0, 0.1) is 31.1 Å². The van der Waals surface area contributed by atoms with E-state index in [-0.39, 0.29) is 17.6 Å². The number of nitrogens with one attached hydrogen (secondary N) is 1. The maximum atomic E-state index is 12.3. The van der Waals surface area contributed by atoms with Gasteiger partial charge >= 0.3 is 0 Å². The number of aromatic nitrogens is 1. The quantitative estimate of drug-likeness (QED) is 0.644. The van der Waals surface area contributed by atoms with Gasteiger partial charge in [-0.25, -0.2) is 0 Å². The second-order valence-corrected chi connectivity index (χ2v) is 6.85. The fraction of sp³-hybridized carbons (Fsp3) is 0.579. The first-order chi connectivity index (χ1) is 11.4. The highest BCUT2D eigenvalue weighted by Crippen LogP contribution is 2.20. The normalized spacial score (nSPS) is 18.0. The number of amides is 1. The van der Waals surface area contributed by atoms with E-state index < -0.39 is 0 Å². The van der Waals surface area contributed by atoms with E-state index in [0.29, 0.717) is 12.5 Å². The number of carbonyl (C=O) groups is 1. The molecule has 1 N–H and O–H groups in total. The number of ether oxygens (including phenoxy) is 1. The Hall–Kier alpha value is -2.06. The summed E-state index contributed by atoms with van der Waals surface area (Å²) in [7, 11) is 0. The van der Waals surface area contributed by atoms with Gasteiger partial charge < -0.3 is 14.6 Å². The fourth-order valence-electron chi connectivity index (χ4n) is 3.03. The molecule has 0 aliphatic carbocycles. The zero-order chi connectivity index (χ0) is 17.7. The van der Waals surface area contributed by atoms with Crippen molar-refractivity contribution in [1.29, 1.82) is 5.26 Å². The highest BCUT2D eigenvalue weighted by atomic mass is 16.5. The van der Waals surface area contributed by atoms with Gasteiger partial charge in [0.05, 0.1) is 6.10 Å². The molecule has 2 heterocycles. The standard InChI is InChI=1S/C19H27N3O2/c1-13(2)12-22-14(3)8-16(15(22)4)9-17(10-20)19(23)21-11-18-6-5-7-24-18/h8-9,13,18H,5-7,11-12H2,1-4H3,(H,21,23)/b17-9+/t18-/m1/s1. The van der Waals surface area contributed by atoms with Gasteiger partial charge in [0.1, 0.15) is 11.6 Å². The minimum absolute atomic E-state index is 0.0741. The third-order valence-corrected chi connectivity index (χ3v) is 4.34. The molecule has 1 aromatic rings. The van der Waals surface area contributed by atoms with Crippen LogP contribution < -0.4 is 5.32 Å². The highest BCUT2D eigenvalue weighted by Gasteiger charge is 2.18. The van der Waals surface area contributed by atoms with E-state index in [2.05, 4.69) is 30.7 Å². The lowest BCUT2D eigenvalue weighted by atomic mass is 10.1. The van der Waals surface area contributed by atoms with Crippen LogP contribution >= 0.6 is 0 Å². The van der Waals surface area contributed by atoms with Crippen LogP contribution in [-0.4, -0.2) is 29.7 Å². The number of rotatable bonds is 6. The molecule has 1 aromatic heterocycles. The lowest BCUT2D eigenvalue weighted by Crippen LogP contribution is -2.32. The topological polar surface area (TPSA) is 67.1 Å². The molecule has 5 nitrogen and oxygen atoms in total. The molecule has 1 aliphatic rings. The Kier molecular flexibility index (Phi) is 6.22. The Morgan fingerprint density at radius 3 is 2.88 bits per heavy atom. The van der Waals surface area contributed by atoms with Gasteiger partial charge in [-0.15, -0.1) is 0 Å². The second-order valence-electron chi connectivity index (χ2n) is 6.85. The van der Waals surface area contributed by atoms with Gasteiger partial charge in [-0.3, -0.25) is 4.79 Å². The first-order valence-electron chi connectivity index (χ1n) is 8.60. The van der Waals surface area contributed by atoms with Crippen LogP contribution in [0.5, 0.6) is 0 Å². The van der Waals surface area contributed by atoms with E-state index in [0.717, 1.165) is 42.9 Å². The van der Waals surface area contributed by atoms with Crippen LogP contribution in [0.25, 0.3) is 6.08 Å². The van der Waals surface area contributed by atoms with Gasteiger partial charge in [-0.2, -0.15) is 5.26 Å². The van der Waals surface area contributed by atoms with Crippen molar-refractivity contribution < 1.29 is 9.53 Å². The van der Waals surface area contributed by atoms with Crippen LogP contribution in [0.3, 0.4) is 0 Å². The molecule has 0 radical (unpaired) electrons. The number of hydrogen-bond acceptors (Lipinski definition) is 3. The smallest absolute Gasteiger partial charge is 0.262 e. The molecule has 0 spiro atoms. The summed E-state index contributed by atoms with van der Waals surface area (Å²) in [5, 5.41) is 12.2. The summed E-state index contributed by atoms with van der Waals surface area (Å²) >= 11 is 0. The van der Waals surface area contributed by atoms with E-state index >= 15 is 0 Å². The third kappa shape index (κ3) is 4.48. The van der Waals surface area contributed by atoms with Crippen molar-refractivity contribution in [3.05, 3.63) is 28.6 Å². The lowest BCUT2D eigenvalue weighted by molar-refractivity contribution is -0.117. The summed E-state index contributed by atoms with van der Waals surface area (Å²) in [6, 6.07) is 4.05. The molecule has 1 fully saturated rings. The molecule has 5 heteroatoms. The van der Waals surface area contributed by atoms with Gasteiger partial charge in [-0.05, 0) is 50.3 Å². The Labute approximate surface area is 144 Å². The van der Waals surface area contributed by atoms with Crippen LogP contribution in [0.4, 0.5) is 0 Å². The summed E-state index contributed by atoms with van der Waals surface area (Å²) in [5.41, 5.74) is 3.29. The Balaban J connectivity index is 2.11. The number of carbonyl (C=O) groups excluding carboxylic acids is 1. The Bertz CT molecular complexity index is 659. The fourth-order valence-corrected chi connectivity index (χ4v) is 3.03. The summed E-state index contributed by atoms with van der Waals surface area (Å²) in [5.74, 6) is 0.207. The number of nitriles is 1. The molecule has 0 bridgehead atoms. The highest BCUT2D eigenvalue weighted by molar-refractivity contribution is 6.01. The predicted molar refractivity (Wildman–Crippen MR) is 94.3 cm³/mol. The summed E-state index contributed by atoms with van der Waals surface area (Å²) < 4.78 is 7.72. The van der Waals surface area contributed by atoms with Crippen LogP contribution in [-0.2, 0) is 16.1 Å². The van der Waals surface area contributed by atoms with Crippen molar-refractivity contribution in [2.45, 2.75) is 53.2 Å². The van der Waals surface area contributed by atoms with Gasteiger partial charge in [0.25, 0.3) is 5.91 Å². The summed E-state index contributed by atoms with van der Waals surface area (Å²) in [6.45, 7) is 10.6. The van der Waals surface area contributed by atoms with Crippen LogP contribution in [0.15, 0.2) is 11.6 Å². The second kappa shape index (κ2) is 8.16.